The summed E-state index contributed by atoms with van der Waals surface area (Å²) >= 11 is 7.78. The fourth-order valence-electron chi connectivity index (χ4n) is 1.00. The van der Waals surface area contributed by atoms with Crippen molar-refractivity contribution in [1.82, 2.24) is 0 Å². The first kappa shape index (κ1) is 10.8. The van der Waals surface area contributed by atoms with Crippen molar-refractivity contribution >= 4 is 40.5 Å². The maximum atomic E-state index is 10.6. The number of hydrogen-bond donors (Lipinski definition) is 0. The van der Waals surface area contributed by atoms with Crippen LogP contribution in [-0.4, -0.2) is 13.4 Å². The van der Waals surface area contributed by atoms with E-state index in [1.807, 2.05) is 6.07 Å². The molecule has 0 heterocycles. The van der Waals surface area contributed by atoms with Gasteiger partial charge in [0.2, 0.25) is 0 Å². The van der Waals surface area contributed by atoms with Crippen LogP contribution in [0, 0.1) is 3.57 Å². The van der Waals surface area contributed by atoms with E-state index in [0.717, 1.165) is 21.2 Å². The lowest BCUT2D eigenvalue weighted by Gasteiger charge is -2.07. The third-order valence-electron chi connectivity index (χ3n) is 1.67. The van der Waals surface area contributed by atoms with E-state index < -0.39 is 0 Å². The molecular weight excluding hydrogens is 302 g/mol. The van der Waals surface area contributed by atoms with Gasteiger partial charge in [-0.15, -0.1) is 11.6 Å². The fourth-order valence-corrected chi connectivity index (χ4v) is 1.78. The molecule has 70 valence electrons. The van der Waals surface area contributed by atoms with E-state index in [-0.39, 0.29) is 0 Å². The summed E-state index contributed by atoms with van der Waals surface area (Å²) in [6, 6.07) is 3.56. The summed E-state index contributed by atoms with van der Waals surface area (Å²) in [7, 11) is 1.59. The van der Waals surface area contributed by atoms with Crippen LogP contribution >= 0.6 is 34.2 Å². The molecule has 0 bridgehead atoms. The predicted octanol–water partition coefficient (Wildman–Crippen LogP) is 2.85. The Morgan fingerprint density at radius 3 is 2.77 bits per heavy atom. The van der Waals surface area contributed by atoms with Gasteiger partial charge in [-0.3, -0.25) is 4.79 Å². The highest BCUT2D eigenvalue weighted by molar-refractivity contribution is 14.1. The molecule has 0 N–H and O–H groups in total. The van der Waals surface area contributed by atoms with Crippen molar-refractivity contribution in [3.05, 3.63) is 26.8 Å². The standard InChI is InChI=1S/C9H8ClIO2/c1-13-9-3-8(11)7(5-12)2-6(9)4-10/h2-3,5H,4H2,1H3. The smallest absolute Gasteiger partial charge is 0.151 e. The van der Waals surface area contributed by atoms with Crippen LogP contribution in [0.5, 0.6) is 5.75 Å². The number of aldehydes is 1. The first-order chi connectivity index (χ1) is 6.22. The first-order valence-electron chi connectivity index (χ1n) is 3.60. The molecule has 13 heavy (non-hydrogen) atoms. The summed E-state index contributed by atoms with van der Waals surface area (Å²) in [6.45, 7) is 0. The van der Waals surface area contributed by atoms with E-state index in [9.17, 15) is 4.79 Å². The first-order valence-corrected chi connectivity index (χ1v) is 5.21. The van der Waals surface area contributed by atoms with Gasteiger partial charge in [-0.2, -0.15) is 0 Å². The summed E-state index contributed by atoms with van der Waals surface area (Å²) < 4.78 is 5.98. The van der Waals surface area contributed by atoms with Gasteiger partial charge in [0.15, 0.2) is 6.29 Å². The molecule has 0 unspecified atom stereocenters. The second kappa shape index (κ2) is 4.81. The Balaban J connectivity index is 3.26. The van der Waals surface area contributed by atoms with Gasteiger partial charge in [0.05, 0.1) is 13.0 Å². The third-order valence-corrected chi connectivity index (χ3v) is 2.89. The minimum atomic E-state index is 0.348. The normalized spacial score (nSPS) is 9.77. The van der Waals surface area contributed by atoms with Crippen LogP contribution in [0.25, 0.3) is 0 Å². The Bertz CT molecular complexity index is 326. The molecule has 0 aliphatic rings. The van der Waals surface area contributed by atoms with Gasteiger partial charge in [-0.25, -0.2) is 0 Å². The zero-order valence-electron chi connectivity index (χ0n) is 7.01. The highest BCUT2D eigenvalue weighted by Gasteiger charge is 2.06. The second-order valence-corrected chi connectivity index (χ2v) is 3.87. The molecule has 0 fully saturated rings. The van der Waals surface area contributed by atoms with Crippen molar-refractivity contribution in [2.45, 2.75) is 5.88 Å². The predicted molar refractivity (Wildman–Crippen MR) is 60.7 cm³/mol. The Kier molecular flexibility index (Phi) is 3.99. The lowest BCUT2D eigenvalue weighted by Crippen LogP contribution is -1.94. The second-order valence-electron chi connectivity index (χ2n) is 2.44. The van der Waals surface area contributed by atoms with Gasteiger partial charge in [0.1, 0.15) is 5.75 Å². The molecular formula is C9H8ClIO2. The molecule has 0 radical (unpaired) electrons. The van der Waals surface area contributed by atoms with Crippen molar-refractivity contribution in [3.63, 3.8) is 0 Å². The van der Waals surface area contributed by atoms with Crippen molar-refractivity contribution in [1.29, 1.82) is 0 Å². The van der Waals surface area contributed by atoms with Crippen LogP contribution in [0.1, 0.15) is 15.9 Å². The fraction of sp³-hybridized carbons (Fsp3) is 0.222. The minimum absolute atomic E-state index is 0.348. The summed E-state index contributed by atoms with van der Waals surface area (Å²) in [5.41, 5.74) is 1.49. The molecule has 0 atom stereocenters. The van der Waals surface area contributed by atoms with Crippen molar-refractivity contribution < 1.29 is 9.53 Å². The van der Waals surface area contributed by atoms with Crippen LogP contribution in [0.3, 0.4) is 0 Å². The van der Waals surface area contributed by atoms with Gasteiger partial charge >= 0.3 is 0 Å². The number of methoxy groups -OCH3 is 1. The summed E-state index contributed by atoms with van der Waals surface area (Å²) in [6.07, 6.45) is 0.817. The van der Waals surface area contributed by atoms with E-state index in [2.05, 4.69) is 22.6 Å². The van der Waals surface area contributed by atoms with Gasteiger partial charge in [0.25, 0.3) is 0 Å². The Hall–Kier alpha value is -0.290. The average Bonchev–Trinajstić information content (AvgIpc) is 2.17. The van der Waals surface area contributed by atoms with E-state index in [4.69, 9.17) is 16.3 Å². The van der Waals surface area contributed by atoms with Gasteiger partial charge < -0.3 is 4.74 Å². The maximum Gasteiger partial charge on any atom is 0.151 e. The molecule has 1 rings (SSSR count). The molecule has 0 aliphatic heterocycles. The Morgan fingerprint density at radius 1 is 1.62 bits per heavy atom. The van der Waals surface area contributed by atoms with Crippen molar-refractivity contribution in [3.8, 4) is 5.75 Å². The number of hydrogen-bond acceptors (Lipinski definition) is 2. The lowest BCUT2D eigenvalue weighted by molar-refractivity contribution is 0.112. The maximum absolute atomic E-state index is 10.6. The van der Waals surface area contributed by atoms with E-state index >= 15 is 0 Å². The zero-order valence-corrected chi connectivity index (χ0v) is 9.93. The molecule has 1 aromatic rings. The monoisotopic (exact) mass is 310 g/mol. The van der Waals surface area contributed by atoms with Crippen LogP contribution in [0.15, 0.2) is 12.1 Å². The summed E-state index contributed by atoms with van der Waals surface area (Å²) in [5.74, 6) is 1.08. The highest BCUT2D eigenvalue weighted by Crippen LogP contribution is 2.25. The number of ether oxygens (including phenoxy) is 1. The van der Waals surface area contributed by atoms with Crippen molar-refractivity contribution in [2.75, 3.05) is 7.11 Å². The third kappa shape index (κ3) is 2.34. The molecule has 0 saturated carbocycles. The summed E-state index contributed by atoms with van der Waals surface area (Å²) in [5, 5.41) is 0. The largest absolute Gasteiger partial charge is 0.496 e. The number of benzene rings is 1. The number of carbonyl (C=O) groups is 1. The average molecular weight is 311 g/mol. The lowest BCUT2D eigenvalue weighted by atomic mass is 10.1. The molecule has 0 amide bonds. The molecule has 4 heteroatoms. The number of carbonyl (C=O) groups excluding carboxylic acids is 1. The Morgan fingerprint density at radius 2 is 2.31 bits per heavy atom. The summed E-state index contributed by atoms with van der Waals surface area (Å²) in [4.78, 5) is 10.6. The number of rotatable bonds is 3. The minimum Gasteiger partial charge on any atom is -0.496 e. The van der Waals surface area contributed by atoms with Gasteiger partial charge in [-0.1, -0.05) is 0 Å². The molecule has 0 saturated heterocycles. The van der Waals surface area contributed by atoms with Crippen LogP contribution in [0.4, 0.5) is 0 Å². The Labute approximate surface area is 95.4 Å². The van der Waals surface area contributed by atoms with E-state index in [1.54, 1.807) is 13.2 Å². The van der Waals surface area contributed by atoms with Gasteiger partial charge in [0, 0.05) is 14.7 Å². The van der Waals surface area contributed by atoms with E-state index in [0.29, 0.717) is 11.4 Å². The molecule has 0 aliphatic carbocycles. The van der Waals surface area contributed by atoms with E-state index in [1.165, 1.54) is 0 Å². The number of alkyl halides is 1. The van der Waals surface area contributed by atoms with Crippen LogP contribution < -0.4 is 4.74 Å². The quantitative estimate of drug-likeness (QED) is 0.487. The topological polar surface area (TPSA) is 26.3 Å². The molecule has 0 aromatic heterocycles. The van der Waals surface area contributed by atoms with Gasteiger partial charge in [-0.05, 0) is 34.7 Å². The molecule has 2 nitrogen and oxygen atoms in total. The molecule has 0 spiro atoms. The van der Waals surface area contributed by atoms with Crippen molar-refractivity contribution in [2.24, 2.45) is 0 Å². The SMILES string of the molecule is COc1cc(I)c(C=O)cc1CCl. The molecule has 1 aromatic carbocycles. The highest BCUT2D eigenvalue weighted by atomic mass is 127. The zero-order chi connectivity index (χ0) is 9.84. The van der Waals surface area contributed by atoms with Crippen LogP contribution in [0.2, 0.25) is 0 Å². The van der Waals surface area contributed by atoms with Crippen LogP contribution in [-0.2, 0) is 5.88 Å². The number of halogens is 2.